The Bertz CT molecular complexity index is 495. The molecule has 1 N–H and O–H groups in total. The van der Waals surface area contributed by atoms with Crippen LogP contribution in [0, 0.1) is 5.82 Å². The van der Waals surface area contributed by atoms with Gasteiger partial charge in [-0.05, 0) is 22.0 Å². The quantitative estimate of drug-likeness (QED) is 0.794. The minimum atomic E-state index is -0.379. The monoisotopic (exact) mass is 300 g/mol. The maximum atomic E-state index is 13.4. The Morgan fingerprint density at radius 2 is 2.35 bits per heavy atom. The van der Waals surface area contributed by atoms with E-state index in [0.717, 1.165) is 5.69 Å². The Morgan fingerprint density at radius 1 is 1.53 bits per heavy atom. The van der Waals surface area contributed by atoms with Crippen molar-refractivity contribution in [1.82, 2.24) is 0 Å². The number of carbonyl (C=O) groups is 1. The van der Waals surface area contributed by atoms with Gasteiger partial charge >= 0.3 is 0 Å². The van der Waals surface area contributed by atoms with Crippen LogP contribution in [0.15, 0.2) is 16.6 Å². The molecule has 17 heavy (non-hydrogen) atoms. The van der Waals surface area contributed by atoms with Gasteiger partial charge in [0.25, 0.3) is 0 Å². The molecule has 6 heteroatoms. The van der Waals surface area contributed by atoms with Crippen molar-refractivity contribution >= 4 is 33.2 Å². The highest BCUT2D eigenvalue weighted by Crippen LogP contribution is 2.36. The van der Waals surface area contributed by atoms with Crippen LogP contribution in [0.5, 0.6) is 0 Å². The van der Waals surface area contributed by atoms with Gasteiger partial charge in [-0.25, -0.2) is 4.39 Å². The van der Waals surface area contributed by atoms with Crippen LogP contribution < -0.4 is 10.2 Å². The van der Waals surface area contributed by atoms with Crippen molar-refractivity contribution in [3.63, 3.8) is 0 Å². The highest BCUT2D eigenvalue weighted by molar-refractivity contribution is 9.10. The fraction of sp³-hybridized carbons (Fsp3) is 0.364. The second-order valence-electron chi connectivity index (χ2n) is 4.06. The fourth-order valence-electron chi connectivity index (χ4n) is 2.20. The van der Waals surface area contributed by atoms with Crippen LogP contribution in [0.25, 0.3) is 0 Å². The van der Waals surface area contributed by atoms with E-state index >= 15 is 0 Å². The molecule has 0 radical (unpaired) electrons. The largest absolute Gasteiger partial charge is 0.377 e. The number of amides is 1. The van der Waals surface area contributed by atoms with Crippen LogP contribution >= 0.6 is 15.9 Å². The first-order valence-electron chi connectivity index (χ1n) is 5.31. The molecule has 2 aliphatic heterocycles. The molecule has 2 heterocycles. The molecule has 0 saturated carbocycles. The number of anilines is 2. The number of fused-ring (bicyclic) bond motifs is 3. The minimum Gasteiger partial charge on any atom is -0.377 e. The summed E-state index contributed by atoms with van der Waals surface area (Å²) in [6.45, 7) is 1.60. The molecule has 0 bridgehead atoms. The van der Waals surface area contributed by atoms with Crippen molar-refractivity contribution in [2.45, 2.75) is 6.04 Å². The number of nitrogens with zero attached hydrogens (tertiary/aromatic N) is 1. The topological polar surface area (TPSA) is 41.6 Å². The maximum Gasteiger partial charge on any atom is 0.249 e. The number of halogens is 2. The van der Waals surface area contributed by atoms with Crippen LogP contribution in [0.3, 0.4) is 0 Å². The normalized spacial score (nSPS) is 22.8. The number of benzene rings is 1. The van der Waals surface area contributed by atoms with Gasteiger partial charge in [0.05, 0.1) is 29.1 Å². The molecule has 1 amide bonds. The van der Waals surface area contributed by atoms with E-state index in [-0.39, 0.29) is 17.8 Å². The molecule has 3 rings (SSSR count). The summed E-state index contributed by atoms with van der Waals surface area (Å²) in [7, 11) is 0. The van der Waals surface area contributed by atoms with E-state index in [2.05, 4.69) is 21.2 Å². The second-order valence-corrected chi connectivity index (χ2v) is 4.91. The van der Waals surface area contributed by atoms with E-state index in [1.165, 1.54) is 6.07 Å². The van der Waals surface area contributed by atoms with Gasteiger partial charge in [-0.1, -0.05) is 0 Å². The molecule has 1 aromatic rings. The highest BCUT2D eigenvalue weighted by atomic mass is 79.9. The van der Waals surface area contributed by atoms with Gasteiger partial charge < -0.3 is 15.0 Å². The van der Waals surface area contributed by atoms with E-state index < -0.39 is 0 Å². The average Bonchev–Trinajstić information content (AvgIpc) is 2.32. The summed E-state index contributed by atoms with van der Waals surface area (Å²) in [5.41, 5.74) is 1.36. The van der Waals surface area contributed by atoms with Crippen LogP contribution in [-0.4, -0.2) is 31.7 Å². The Kier molecular flexibility index (Phi) is 2.56. The molecule has 0 aromatic heterocycles. The summed E-state index contributed by atoms with van der Waals surface area (Å²) in [5, 5.41) is 2.71. The molecule has 90 valence electrons. The first-order chi connectivity index (χ1) is 8.16. The summed E-state index contributed by atoms with van der Waals surface area (Å²) >= 11 is 3.16. The molecule has 1 atom stereocenters. The van der Waals surface area contributed by atoms with E-state index in [9.17, 15) is 9.18 Å². The third kappa shape index (κ3) is 1.71. The number of hydrogen-bond donors (Lipinski definition) is 1. The van der Waals surface area contributed by atoms with Crippen LogP contribution in [-0.2, 0) is 9.53 Å². The van der Waals surface area contributed by atoms with E-state index in [4.69, 9.17) is 4.74 Å². The first kappa shape index (κ1) is 11.0. The summed E-state index contributed by atoms with van der Waals surface area (Å²) < 4.78 is 19.1. The van der Waals surface area contributed by atoms with Gasteiger partial charge in [0, 0.05) is 12.6 Å². The Morgan fingerprint density at radius 3 is 3.18 bits per heavy atom. The number of ether oxygens (including phenoxy) is 1. The molecule has 1 aromatic carbocycles. The maximum absolute atomic E-state index is 13.4. The first-order valence-corrected chi connectivity index (χ1v) is 6.10. The molecule has 1 saturated heterocycles. The summed E-state index contributed by atoms with van der Waals surface area (Å²) in [5.74, 6) is -0.519. The van der Waals surface area contributed by atoms with E-state index in [0.29, 0.717) is 29.9 Å². The number of hydrogen-bond acceptors (Lipinski definition) is 3. The standard InChI is InChI=1S/C11H10BrFN2O2/c12-6-3-9-8(4-7(6)13)14-11(16)10-5-17-2-1-15(9)10/h3-4,10H,1-2,5H2,(H,14,16)/t10-/m0/s1. The number of rotatable bonds is 0. The van der Waals surface area contributed by atoms with E-state index in [1.54, 1.807) is 6.07 Å². The fourth-order valence-corrected chi connectivity index (χ4v) is 2.53. The van der Waals surface area contributed by atoms with Gasteiger partial charge in [-0.2, -0.15) is 0 Å². The van der Waals surface area contributed by atoms with Gasteiger partial charge in [0.2, 0.25) is 5.91 Å². The van der Waals surface area contributed by atoms with Crippen molar-refractivity contribution in [2.75, 3.05) is 30.0 Å². The summed E-state index contributed by atoms with van der Waals surface area (Å²) in [6, 6.07) is 2.72. The van der Waals surface area contributed by atoms with Crippen LogP contribution in [0.4, 0.5) is 15.8 Å². The van der Waals surface area contributed by atoms with Crippen LogP contribution in [0.1, 0.15) is 0 Å². The smallest absolute Gasteiger partial charge is 0.249 e. The van der Waals surface area contributed by atoms with Gasteiger partial charge in [-0.15, -0.1) is 0 Å². The minimum absolute atomic E-state index is 0.140. The predicted molar refractivity (Wildman–Crippen MR) is 64.7 cm³/mol. The zero-order valence-corrected chi connectivity index (χ0v) is 10.5. The number of morpholine rings is 1. The molecular weight excluding hydrogens is 291 g/mol. The van der Waals surface area contributed by atoms with Gasteiger partial charge in [-0.3, -0.25) is 4.79 Å². The zero-order chi connectivity index (χ0) is 12.0. The van der Waals surface area contributed by atoms with E-state index in [1.807, 2.05) is 4.90 Å². The lowest BCUT2D eigenvalue weighted by Crippen LogP contribution is -2.54. The molecule has 0 aliphatic carbocycles. The van der Waals surface area contributed by atoms with Crippen molar-refractivity contribution in [3.8, 4) is 0 Å². The highest BCUT2D eigenvalue weighted by Gasteiger charge is 2.35. The second kappa shape index (κ2) is 3.96. The van der Waals surface area contributed by atoms with Gasteiger partial charge in [0.1, 0.15) is 11.9 Å². The SMILES string of the molecule is O=C1Nc2cc(F)c(Br)cc2N2CCOC[C@@H]12. The predicted octanol–water partition coefficient (Wildman–Crippen LogP) is 1.75. The van der Waals surface area contributed by atoms with Crippen LogP contribution in [0.2, 0.25) is 0 Å². The molecule has 2 aliphatic rings. The lowest BCUT2D eigenvalue weighted by atomic mass is 10.1. The third-order valence-electron chi connectivity index (χ3n) is 3.04. The number of nitrogens with one attached hydrogen (secondary N) is 1. The van der Waals surface area contributed by atoms with Crippen molar-refractivity contribution in [1.29, 1.82) is 0 Å². The summed E-state index contributed by atoms with van der Waals surface area (Å²) in [6.07, 6.45) is 0. The summed E-state index contributed by atoms with van der Waals surface area (Å²) in [4.78, 5) is 13.8. The Balaban J connectivity index is 2.10. The Hall–Kier alpha value is -1.14. The molecule has 0 spiro atoms. The van der Waals surface area contributed by atoms with Crippen molar-refractivity contribution in [3.05, 3.63) is 22.4 Å². The lowest BCUT2D eigenvalue weighted by molar-refractivity contribution is -0.119. The van der Waals surface area contributed by atoms with Crippen molar-refractivity contribution < 1.29 is 13.9 Å². The number of carbonyl (C=O) groups excluding carboxylic acids is 1. The third-order valence-corrected chi connectivity index (χ3v) is 3.64. The molecule has 0 unspecified atom stereocenters. The average molecular weight is 301 g/mol. The van der Waals surface area contributed by atoms with Crippen molar-refractivity contribution in [2.24, 2.45) is 0 Å². The van der Waals surface area contributed by atoms with Gasteiger partial charge in [0.15, 0.2) is 0 Å². The zero-order valence-electron chi connectivity index (χ0n) is 8.87. The lowest BCUT2D eigenvalue weighted by Gasteiger charge is -2.40. The molecular formula is C11H10BrFN2O2. The Labute approximate surface area is 106 Å². The molecule has 1 fully saturated rings. The molecule has 4 nitrogen and oxygen atoms in total.